The maximum absolute atomic E-state index is 12.8. The lowest BCUT2D eigenvalue weighted by molar-refractivity contribution is 0.0475. The molecule has 4 rings (SSSR count). The number of esters is 1. The highest BCUT2D eigenvalue weighted by Crippen LogP contribution is 2.24. The molecule has 0 N–H and O–H groups in total. The Kier molecular flexibility index (Phi) is 5.85. The average molecular weight is 413 g/mol. The van der Waals surface area contributed by atoms with Gasteiger partial charge in [-0.1, -0.05) is 48.5 Å². The van der Waals surface area contributed by atoms with Gasteiger partial charge in [0.2, 0.25) is 5.78 Å². The molecule has 2 heterocycles. The zero-order valence-electron chi connectivity index (χ0n) is 17.5. The van der Waals surface area contributed by atoms with Crippen molar-refractivity contribution < 1.29 is 18.7 Å². The Morgan fingerprint density at radius 2 is 1.65 bits per heavy atom. The number of ether oxygens (including phenoxy) is 1. The van der Waals surface area contributed by atoms with Crippen molar-refractivity contribution in [2.75, 3.05) is 6.61 Å². The van der Waals surface area contributed by atoms with E-state index in [0.717, 1.165) is 28.3 Å². The Bertz CT molecular complexity index is 1200. The number of nitrogens with zero attached hydrogens (tertiary/aromatic N) is 1. The third-order valence-corrected chi connectivity index (χ3v) is 5.33. The second-order valence-electron chi connectivity index (χ2n) is 7.36. The largest absolute Gasteiger partial charge is 0.467 e. The Morgan fingerprint density at radius 1 is 0.903 bits per heavy atom. The standard InChI is InChI=1S/C26H23NO4/c1-18-15-24(19(2)27(18)16-21-11-8-14-30-21)25(28)17-31-26(29)23-13-7-6-12-22(23)20-9-4-3-5-10-20/h3-15H,16-17H2,1-2H3. The highest BCUT2D eigenvalue weighted by atomic mass is 16.5. The fourth-order valence-electron chi connectivity index (χ4n) is 3.70. The topological polar surface area (TPSA) is 61.4 Å². The third kappa shape index (κ3) is 4.36. The summed E-state index contributed by atoms with van der Waals surface area (Å²) < 4.78 is 12.8. The van der Waals surface area contributed by atoms with E-state index in [9.17, 15) is 9.59 Å². The van der Waals surface area contributed by atoms with E-state index in [1.807, 2.05) is 79.1 Å². The van der Waals surface area contributed by atoms with Crippen molar-refractivity contribution in [3.05, 3.63) is 107 Å². The third-order valence-electron chi connectivity index (χ3n) is 5.33. The van der Waals surface area contributed by atoms with Crippen molar-refractivity contribution in [1.29, 1.82) is 0 Å². The van der Waals surface area contributed by atoms with E-state index < -0.39 is 5.97 Å². The SMILES string of the molecule is Cc1cc(C(=O)COC(=O)c2ccccc2-c2ccccc2)c(C)n1Cc1ccco1. The van der Waals surface area contributed by atoms with Gasteiger partial charge >= 0.3 is 5.97 Å². The minimum atomic E-state index is -0.516. The molecule has 4 aromatic rings. The first kappa shape index (κ1) is 20.4. The molecule has 0 aliphatic heterocycles. The molecule has 0 bridgehead atoms. The van der Waals surface area contributed by atoms with Crippen LogP contribution in [-0.4, -0.2) is 22.9 Å². The number of hydrogen-bond donors (Lipinski definition) is 0. The van der Waals surface area contributed by atoms with Gasteiger partial charge in [-0.3, -0.25) is 4.79 Å². The maximum atomic E-state index is 12.8. The molecule has 0 atom stereocenters. The van der Waals surface area contributed by atoms with Crippen LogP contribution in [0.3, 0.4) is 0 Å². The van der Waals surface area contributed by atoms with Gasteiger partial charge in [0, 0.05) is 17.0 Å². The number of hydrogen-bond acceptors (Lipinski definition) is 4. The number of carbonyl (C=O) groups excluding carboxylic acids is 2. The van der Waals surface area contributed by atoms with Crippen molar-refractivity contribution in [2.45, 2.75) is 20.4 Å². The highest BCUT2D eigenvalue weighted by molar-refractivity contribution is 6.02. The van der Waals surface area contributed by atoms with Crippen LogP contribution in [0.2, 0.25) is 0 Å². The minimum absolute atomic E-state index is 0.232. The second kappa shape index (κ2) is 8.88. The number of rotatable bonds is 7. The highest BCUT2D eigenvalue weighted by Gasteiger charge is 2.20. The van der Waals surface area contributed by atoms with E-state index in [4.69, 9.17) is 9.15 Å². The molecular weight excluding hydrogens is 390 g/mol. The first-order chi connectivity index (χ1) is 15.0. The van der Waals surface area contributed by atoms with Crippen molar-refractivity contribution in [3.8, 4) is 11.1 Å². The average Bonchev–Trinajstić information content (AvgIpc) is 3.41. The summed E-state index contributed by atoms with van der Waals surface area (Å²) in [6, 6.07) is 22.4. The van der Waals surface area contributed by atoms with Crippen LogP contribution in [0.15, 0.2) is 83.5 Å². The van der Waals surface area contributed by atoms with Crippen molar-refractivity contribution in [3.63, 3.8) is 0 Å². The van der Waals surface area contributed by atoms with Gasteiger partial charge in [0.15, 0.2) is 6.61 Å². The van der Waals surface area contributed by atoms with Crippen molar-refractivity contribution in [1.82, 2.24) is 4.57 Å². The monoisotopic (exact) mass is 413 g/mol. The molecule has 0 radical (unpaired) electrons. The van der Waals surface area contributed by atoms with E-state index in [-0.39, 0.29) is 12.4 Å². The first-order valence-electron chi connectivity index (χ1n) is 10.1. The fraction of sp³-hybridized carbons (Fsp3) is 0.154. The number of furan rings is 1. The molecule has 0 unspecified atom stereocenters. The molecule has 2 aromatic carbocycles. The maximum Gasteiger partial charge on any atom is 0.339 e. The molecular formula is C26H23NO4. The zero-order chi connectivity index (χ0) is 21.8. The van der Waals surface area contributed by atoms with Crippen LogP contribution in [0.4, 0.5) is 0 Å². The normalized spacial score (nSPS) is 10.8. The summed E-state index contributed by atoms with van der Waals surface area (Å²) >= 11 is 0. The van der Waals surface area contributed by atoms with E-state index in [1.54, 1.807) is 18.4 Å². The lowest BCUT2D eigenvalue weighted by Crippen LogP contribution is -2.15. The summed E-state index contributed by atoms with van der Waals surface area (Å²) in [6.07, 6.45) is 1.63. The lowest BCUT2D eigenvalue weighted by Gasteiger charge is -2.10. The number of aryl methyl sites for hydroxylation is 1. The fourth-order valence-corrected chi connectivity index (χ4v) is 3.70. The van der Waals surface area contributed by atoms with Crippen LogP contribution in [0.5, 0.6) is 0 Å². The number of ketones is 1. The molecule has 5 nitrogen and oxygen atoms in total. The van der Waals surface area contributed by atoms with Crippen LogP contribution in [-0.2, 0) is 11.3 Å². The smallest absolute Gasteiger partial charge is 0.339 e. The van der Waals surface area contributed by atoms with Crippen LogP contribution in [0, 0.1) is 13.8 Å². The van der Waals surface area contributed by atoms with Crippen LogP contribution in [0.25, 0.3) is 11.1 Å². The van der Waals surface area contributed by atoms with Crippen LogP contribution in [0.1, 0.15) is 37.9 Å². The predicted molar refractivity (Wildman–Crippen MR) is 118 cm³/mol. The molecule has 0 spiro atoms. The van der Waals surface area contributed by atoms with E-state index in [0.29, 0.717) is 17.7 Å². The Morgan fingerprint density at radius 3 is 2.39 bits per heavy atom. The molecule has 0 aliphatic carbocycles. The van der Waals surface area contributed by atoms with Gasteiger partial charge in [0.25, 0.3) is 0 Å². The summed E-state index contributed by atoms with van der Waals surface area (Å²) in [7, 11) is 0. The summed E-state index contributed by atoms with van der Waals surface area (Å²) in [6.45, 7) is 4.06. The van der Waals surface area contributed by atoms with Gasteiger partial charge in [-0.2, -0.15) is 0 Å². The summed E-state index contributed by atoms with van der Waals surface area (Å²) in [5, 5.41) is 0. The molecule has 0 saturated heterocycles. The van der Waals surface area contributed by atoms with Crippen LogP contribution < -0.4 is 0 Å². The summed E-state index contributed by atoms with van der Waals surface area (Å²) in [5.74, 6) is 0.0614. The van der Waals surface area contributed by atoms with E-state index >= 15 is 0 Å². The lowest BCUT2D eigenvalue weighted by atomic mass is 10.00. The van der Waals surface area contributed by atoms with Crippen molar-refractivity contribution in [2.24, 2.45) is 0 Å². The summed E-state index contributed by atoms with van der Waals surface area (Å²) in [4.78, 5) is 25.6. The molecule has 0 fully saturated rings. The Balaban J connectivity index is 1.48. The van der Waals surface area contributed by atoms with Gasteiger partial charge in [0.05, 0.1) is 18.4 Å². The molecule has 0 amide bonds. The molecule has 156 valence electrons. The minimum Gasteiger partial charge on any atom is -0.467 e. The van der Waals surface area contributed by atoms with Gasteiger partial charge in [-0.25, -0.2) is 4.79 Å². The Labute approximate surface area is 180 Å². The van der Waals surface area contributed by atoms with Gasteiger partial charge < -0.3 is 13.7 Å². The number of carbonyl (C=O) groups is 2. The molecule has 31 heavy (non-hydrogen) atoms. The quantitative estimate of drug-likeness (QED) is 0.298. The van der Waals surface area contributed by atoms with E-state index in [2.05, 4.69) is 0 Å². The van der Waals surface area contributed by atoms with Gasteiger partial charge in [0.1, 0.15) is 5.76 Å². The summed E-state index contributed by atoms with van der Waals surface area (Å²) in [5.41, 5.74) is 4.44. The second-order valence-corrected chi connectivity index (χ2v) is 7.36. The molecule has 0 saturated carbocycles. The van der Waals surface area contributed by atoms with Crippen molar-refractivity contribution >= 4 is 11.8 Å². The number of Topliss-reactive ketones (excluding diaryl/α,β-unsaturated/α-hetero) is 1. The van der Waals surface area contributed by atoms with E-state index in [1.165, 1.54) is 0 Å². The zero-order valence-corrected chi connectivity index (χ0v) is 17.5. The molecule has 0 aliphatic rings. The molecule has 5 heteroatoms. The van der Waals surface area contributed by atoms with Gasteiger partial charge in [-0.15, -0.1) is 0 Å². The molecule has 2 aromatic heterocycles. The van der Waals surface area contributed by atoms with Crippen LogP contribution >= 0.6 is 0 Å². The number of aromatic nitrogens is 1. The first-order valence-corrected chi connectivity index (χ1v) is 10.1. The van der Waals surface area contributed by atoms with Gasteiger partial charge in [-0.05, 0) is 49.2 Å². The predicted octanol–water partition coefficient (Wildman–Crippen LogP) is 5.45. The Hall–Kier alpha value is -3.86. The number of benzene rings is 2.